The summed E-state index contributed by atoms with van der Waals surface area (Å²) in [5.41, 5.74) is 7.68. The maximum absolute atomic E-state index is 9.35. The van der Waals surface area contributed by atoms with Gasteiger partial charge < -0.3 is 15.6 Å². The highest BCUT2D eigenvalue weighted by Gasteiger charge is 2.36. The Morgan fingerprint density at radius 1 is 1.30 bits per heavy atom. The molecule has 0 amide bonds. The molecular weight excluding hydrogens is 252 g/mol. The molecule has 1 aliphatic rings. The number of hydrogen-bond acceptors (Lipinski definition) is 4. The number of aromatic hydroxyl groups is 1. The third-order valence-corrected chi connectivity index (χ3v) is 4.64. The number of nitrogens with two attached hydrogens (primary N) is 1. The van der Waals surface area contributed by atoms with Gasteiger partial charge in [-0.25, -0.2) is 0 Å². The van der Waals surface area contributed by atoms with Crippen molar-refractivity contribution in [3.63, 3.8) is 0 Å². The number of benzene rings is 1. The first-order valence-corrected chi connectivity index (χ1v) is 7.42. The molecule has 0 radical (unpaired) electrons. The number of morpholine rings is 1. The summed E-state index contributed by atoms with van der Waals surface area (Å²) in [5, 5.41) is 9.35. The summed E-state index contributed by atoms with van der Waals surface area (Å²) in [6.45, 7) is 7.94. The molecule has 0 bridgehead atoms. The summed E-state index contributed by atoms with van der Waals surface area (Å²) in [7, 11) is 0. The second-order valence-corrected chi connectivity index (χ2v) is 5.79. The Labute approximate surface area is 121 Å². The Hall–Kier alpha value is -1.10. The van der Waals surface area contributed by atoms with Crippen molar-refractivity contribution in [3.8, 4) is 5.75 Å². The maximum Gasteiger partial charge on any atom is 0.115 e. The van der Waals surface area contributed by atoms with Gasteiger partial charge in [0.2, 0.25) is 0 Å². The van der Waals surface area contributed by atoms with Gasteiger partial charge in [0.1, 0.15) is 5.75 Å². The van der Waals surface area contributed by atoms with Crippen molar-refractivity contribution in [2.75, 3.05) is 26.3 Å². The van der Waals surface area contributed by atoms with Crippen molar-refractivity contribution in [1.29, 1.82) is 0 Å². The molecule has 2 unspecified atom stereocenters. The normalized spacial score (nSPS) is 21.4. The van der Waals surface area contributed by atoms with Crippen LogP contribution in [0, 0.1) is 0 Å². The molecule has 2 atom stereocenters. The molecule has 112 valence electrons. The molecule has 0 saturated carbocycles. The molecule has 3 N–H and O–H groups in total. The lowest BCUT2D eigenvalue weighted by Gasteiger charge is -2.46. The molecule has 0 aromatic heterocycles. The van der Waals surface area contributed by atoms with E-state index in [1.54, 1.807) is 12.1 Å². The van der Waals surface area contributed by atoms with Crippen molar-refractivity contribution in [1.82, 2.24) is 4.90 Å². The van der Waals surface area contributed by atoms with Gasteiger partial charge in [0.25, 0.3) is 0 Å². The van der Waals surface area contributed by atoms with Gasteiger partial charge in [-0.15, -0.1) is 0 Å². The first kappa shape index (κ1) is 15.3. The molecule has 2 rings (SSSR count). The molecule has 0 spiro atoms. The highest BCUT2D eigenvalue weighted by molar-refractivity contribution is 5.27. The fourth-order valence-electron chi connectivity index (χ4n) is 2.90. The Morgan fingerprint density at radius 2 is 1.90 bits per heavy atom. The first-order chi connectivity index (χ1) is 9.56. The van der Waals surface area contributed by atoms with E-state index < -0.39 is 0 Å². The third-order valence-electron chi connectivity index (χ3n) is 4.64. The molecule has 4 heteroatoms. The van der Waals surface area contributed by atoms with Gasteiger partial charge in [-0.2, -0.15) is 0 Å². The molecule has 0 aliphatic carbocycles. The van der Waals surface area contributed by atoms with E-state index in [1.807, 2.05) is 12.1 Å². The van der Waals surface area contributed by atoms with Crippen molar-refractivity contribution < 1.29 is 9.84 Å². The summed E-state index contributed by atoms with van der Waals surface area (Å²) >= 11 is 0. The predicted octanol–water partition coefficient (Wildman–Crippen LogP) is 1.76. The molecule has 1 aliphatic heterocycles. The van der Waals surface area contributed by atoms with E-state index in [0.717, 1.165) is 39.1 Å². The zero-order chi connectivity index (χ0) is 14.6. The smallest absolute Gasteiger partial charge is 0.115 e. The second kappa shape index (κ2) is 6.57. The summed E-state index contributed by atoms with van der Waals surface area (Å²) in [6.07, 6.45) is 1.84. The van der Waals surface area contributed by atoms with E-state index in [9.17, 15) is 5.11 Å². The number of phenolic OH excluding ortho intramolecular Hbond substituents is 1. The standard InChI is InChI=1S/C16H26N2O2/c1-3-16(2,18-8-10-20-11-9-18)15(17)12-13-4-6-14(19)7-5-13/h4-7,15,19H,3,8-12,17H2,1-2H3. The maximum atomic E-state index is 9.35. The Bertz CT molecular complexity index is 415. The molecule has 1 fully saturated rings. The van der Waals surface area contributed by atoms with Crippen LogP contribution in [0.4, 0.5) is 0 Å². The van der Waals surface area contributed by atoms with Crippen LogP contribution >= 0.6 is 0 Å². The monoisotopic (exact) mass is 278 g/mol. The minimum atomic E-state index is -0.0122. The van der Waals surface area contributed by atoms with Gasteiger partial charge in [0.15, 0.2) is 0 Å². The number of nitrogens with zero attached hydrogens (tertiary/aromatic N) is 1. The molecule has 1 aromatic carbocycles. The Balaban J connectivity index is 2.07. The van der Waals surface area contributed by atoms with Crippen LogP contribution in [0.1, 0.15) is 25.8 Å². The SMILES string of the molecule is CCC(C)(C(N)Cc1ccc(O)cc1)N1CCOCC1. The van der Waals surface area contributed by atoms with Crippen LogP contribution in [-0.2, 0) is 11.2 Å². The number of phenols is 1. The first-order valence-electron chi connectivity index (χ1n) is 7.42. The van der Waals surface area contributed by atoms with Gasteiger partial charge in [0.05, 0.1) is 13.2 Å². The Morgan fingerprint density at radius 3 is 2.45 bits per heavy atom. The Kier molecular flexibility index (Phi) is 5.02. The van der Waals surface area contributed by atoms with E-state index in [-0.39, 0.29) is 11.6 Å². The summed E-state index contributed by atoms with van der Waals surface area (Å²) in [6, 6.07) is 7.41. The minimum Gasteiger partial charge on any atom is -0.508 e. The second-order valence-electron chi connectivity index (χ2n) is 5.79. The van der Waals surface area contributed by atoms with Gasteiger partial charge in [-0.05, 0) is 37.5 Å². The average molecular weight is 278 g/mol. The van der Waals surface area contributed by atoms with Gasteiger partial charge in [-0.3, -0.25) is 4.90 Å². The summed E-state index contributed by atoms with van der Waals surface area (Å²) in [4.78, 5) is 2.46. The quantitative estimate of drug-likeness (QED) is 0.861. The zero-order valence-corrected chi connectivity index (χ0v) is 12.5. The van der Waals surface area contributed by atoms with Gasteiger partial charge >= 0.3 is 0 Å². The molecule has 4 nitrogen and oxygen atoms in total. The summed E-state index contributed by atoms with van der Waals surface area (Å²) < 4.78 is 5.44. The van der Waals surface area contributed by atoms with Crippen molar-refractivity contribution in [2.24, 2.45) is 5.73 Å². The lowest BCUT2D eigenvalue weighted by molar-refractivity contribution is -0.0272. The van der Waals surface area contributed by atoms with E-state index in [0.29, 0.717) is 5.75 Å². The minimum absolute atomic E-state index is 0.0122. The highest BCUT2D eigenvalue weighted by atomic mass is 16.5. The van der Waals surface area contributed by atoms with Crippen LogP contribution in [0.25, 0.3) is 0 Å². The van der Waals surface area contributed by atoms with Crippen LogP contribution in [0.3, 0.4) is 0 Å². The molecular formula is C16H26N2O2. The molecule has 1 aromatic rings. The fourth-order valence-corrected chi connectivity index (χ4v) is 2.90. The molecule has 1 heterocycles. The number of hydrogen-bond donors (Lipinski definition) is 2. The van der Waals surface area contributed by atoms with Crippen molar-refractivity contribution >= 4 is 0 Å². The number of rotatable bonds is 5. The fraction of sp³-hybridized carbons (Fsp3) is 0.625. The van der Waals surface area contributed by atoms with E-state index in [1.165, 1.54) is 5.56 Å². The largest absolute Gasteiger partial charge is 0.508 e. The van der Waals surface area contributed by atoms with Crippen LogP contribution in [0.5, 0.6) is 5.75 Å². The lowest BCUT2D eigenvalue weighted by Crippen LogP contribution is -2.61. The predicted molar refractivity (Wildman–Crippen MR) is 80.9 cm³/mol. The summed E-state index contributed by atoms with van der Waals surface area (Å²) in [5.74, 6) is 0.300. The lowest BCUT2D eigenvalue weighted by atomic mass is 9.84. The van der Waals surface area contributed by atoms with Gasteiger partial charge in [0, 0.05) is 24.7 Å². The molecule has 20 heavy (non-hydrogen) atoms. The van der Waals surface area contributed by atoms with Crippen molar-refractivity contribution in [2.45, 2.75) is 38.3 Å². The third kappa shape index (κ3) is 3.32. The molecule has 1 saturated heterocycles. The highest BCUT2D eigenvalue weighted by Crippen LogP contribution is 2.26. The van der Waals surface area contributed by atoms with Gasteiger partial charge in [-0.1, -0.05) is 19.1 Å². The van der Waals surface area contributed by atoms with E-state index in [4.69, 9.17) is 10.5 Å². The van der Waals surface area contributed by atoms with E-state index in [2.05, 4.69) is 18.7 Å². The van der Waals surface area contributed by atoms with Crippen LogP contribution in [-0.4, -0.2) is 47.9 Å². The number of ether oxygens (including phenoxy) is 1. The zero-order valence-electron chi connectivity index (χ0n) is 12.5. The van der Waals surface area contributed by atoms with Crippen LogP contribution in [0.15, 0.2) is 24.3 Å². The van der Waals surface area contributed by atoms with Crippen LogP contribution < -0.4 is 5.73 Å². The topological polar surface area (TPSA) is 58.7 Å². The van der Waals surface area contributed by atoms with Crippen molar-refractivity contribution in [3.05, 3.63) is 29.8 Å². The van der Waals surface area contributed by atoms with Crippen LogP contribution in [0.2, 0.25) is 0 Å². The van der Waals surface area contributed by atoms with E-state index >= 15 is 0 Å². The average Bonchev–Trinajstić information content (AvgIpc) is 2.49.